The molecule has 20 heavy (non-hydrogen) atoms. The van der Waals surface area contributed by atoms with Gasteiger partial charge < -0.3 is 14.9 Å². The van der Waals surface area contributed by atoms with E-state index < -0.39 is 28.5 Å². The Balaban J connectivity index is 3.32. The zero-order chi connectivity index (χ0) is 15.4. The van der Waals surface area contributed by atoms with Crippen LogP contribution in [0.2, 0.25) is 0 Å². The monoisotopic (exact) mass is 282 g/mol. The summed E-state index contributed by atoms with van der Waals surface area (Å²) in [5.74, 6) is -1.18. The fourth-order valence-corrected chi connectivity index (χ4v) is 2.18. The Morgan fingerprint density at radius 3 is 2.50 bits per heavy atom. The number of carboxylic acid groups (broad SMARTS) is 2. The molecule has 0 aromatic rings. The first-order chi connectivity index (χ1) is 9.35. The van der Waals surface area contributed by atoms with E-state index in [9.17, 15) is 24.6 Å². The van der Waals surface area contributed by atoms with Gasteiger partial charge in [0.1, 0.15) is 11.4 Å². The highest BCUT2D eigenvalue weighted by molar-refractivity contribution is 5.94. The van der Waals surface area contributed by atoms with E-state index in [1.54, 1.807) is 0 Å². The van der Waals surface area contributed by atoms with Gasteiger partial charge in [0.25, 0.3) is 0 Å². The quantitative estimate of drug-likeness (QED) is 0.434. The van der Waals surface area contributed by atoms with Gasteiger partial charge in [-0.3, -0.25) is 4.79 Å². The van der Waals surface area contributed by atoms with Gasteiger partial charge in [0, 0.05) is 6.61 Å². The van der Waals surface area contributed by atoms with Gasteiger partial charge in [0.2, 0.25) is 5.60 Å². The van der Waals surface area contributed by atoms with Crippen LogP contribution in [0.5, 0.6) is 0 Å². The second kappa shape index (κ2) is 6.03. The summed E-state index contributed by atoms with van der Waals surface area (Å²) in [4.78, 5) is 34.2. The van der Waals surface area contributed by atoms with Crippen molar-refractivity contribution >= 4 is 17.9 Å². The molecule has 0 spiro atoms. The smallest absolute Gasteiger partial charge is 0.345 e. The van der Waals surface area contributed by atoms with Gasteiger partial charge in [0.05, 0.1) is 5.57 Å². The summed E-state index contributed by atoms with van der Waals surface area (Å²) >= 11 is 0. The average molecular weight is 282 g/mol. The zero-order valence-electron chi connectivity index (χ0n) is 11.5. The van der Waals surface area contributed by atoms with Crippen LogP contribution < -0.4 is 0 Å². The van der Waals surface area contributed by atoms with Gasteiger partial charge in [-0.1, -0.05) is 19.4 Å². The molecule has 0 radical (unpaired) electrons. The first kappa shape index (κ1) is 16.1. The molecule has 6 heteroatoms. The molecule has 0 saturated carbocycles. The molecule has 0 bridgehead atoms. The molecule has 0 amide bonds. The Bertz CT molecular complexity index is 488. The molecule has 0 aromatic heterocycles. The Morgan fingerprint density at radius 2 is 2.05 bits per heavy atom. The highest BCUT2D eigenvalue weighted by atomic mass is 16.5. The number of ether oxygens (including phenoxy) is 1. The second-order valence-electron chi connectivity index (χ2n) is 4.96. The Morgan fingerprint density at radius 1 is 1.40 bits per heavy atom. The van der Waals surface area contributed by atoms with Gasteiger partial charge in [-0.25, -0.2) is 9.59 Å². The summed E-state index contributed by atoms with van der Waals surface area (Å²) in [5, 5.41) is 18.7. The van der Waals surface area contributed by atoms with Crippen molar-refractivity contribution in [1.82, 2.24) is 0 Å². The molecule has 0 saturated heterocycles. The Labute approximate surface area is 116 Å². The Hall–Kier alpha value is -1.91. The number of carboxylic acids is 2. The summed E-state index contributed by atoms with van der Waals surface area (Å²) in [6, 6.07) is 0. The van der Waals surface area contributed by atoms with Crippen molar-refractivity contribution in [3.05, 3.63) is 17.7 Å². The molecule has 110 valence electrons. The number of carbonyl (C=O) groups is 2. The van der Waals surface area contributed by atoms with E-state index in [-0.39, 0.29) is 13.0 Å². The summed E-state index contributed by atoms with van der Waals surface area (Å²) in [7, 11) is 0. The summed E-state index contributed by atoms with van der Waals surface area (Å²) in [5.41, 5.74) is -4.06. The molecular formula is C14H18O6. The minimum atomic E-state index is -2.04. The normalized spacial score (nSPS) is 29.0. The lowest BCUT2D eigenvalue weighted by Crippen LogP contribution is -2.51. The second-order valence-corrected chi connectivity index (χ2v) is 4.96. The van der Waals surface area contributed by atoms with E-state index in [1.165, 1.54) is 25.0 Å². The van der Waals surface area contributed by atoms with E-state index in [0.29, 0.717) is 6.42 Å². The predicted molar refractivity (Wildman–Crippen MR) is 69.9 cm³/mol. The molecule has 1 aliphatic carbocycles. The van der Waals surface area contributed by atoms with Crippen LogP contribution in [-0.2, 0) is 19.1 Å². The lowest BCUT2D eigenvalue weighted by atomic mass is 9.68. The number of carbonyl (C=O) groups excluding carboxylic acids is 1. The van der Waals surface area contributed by atoms with Crippen molar-refractivity contribution in [2.45, 2.75) is 38.7 Å². The largest absolute Gasteiger partial charge is 0.481 e. The number of hydrogen-bond acceptors (Lipinski definition) is 4. The lowest BCUT2D eigenvalue weighted by Gasteiger charge is -2.38. The van der Waals surface area contributed by atoms with Crippen LogP contribution in [0, 0.1) is 5.41 Å². The van der Waals surface area contributed by atoms with Crippen molar-refractivity contribution in [2.24, 2.45) is 5.41 Å². The maximum Gasteiger partial charge on any atom is 0.345 e. The van der Waals surface area contributed by atoms with E-state index in [2.05, 4.69) is 0 Å². The van der Waals surface area contributed by atoms with Crippen LogP contribution in [0.3, 0.4) is 0 Å². The summed E-state index contributed by atoms with van der Waals surface area (Å²) < 4.78 is 5.37. The summed E-state index contributed by atoms with van der Waals surface area (Å²) in [6.07, 6.45) is 4.08. The highest BCUT2D eigenvalue weighted by Gasteiger charge is 2.55. The fourth-order valence-electron chi connectivity index (χ4n) is 2.18. The summed E-state index contributed by atoms with van der Waals surface area (Å²) in [6.45, 7) is 3.33. The van der Waals surface area contributed by atoms with Crippen molar-refractivity contribution < 1.29 is 29.3 Å². The number of rotatable bonds is 6. The van der Waals surface area contributed by atoms with Crippen LogP contribution in [0.4, 0.5) is 0 Å². The minimum absolute atomic E-state index is 0.0269. The molecular weight excluding hydrogens is 264 g/mol. The van der Waals surface area contributed by atoms with E-state index in [1.807, 2.05) is 6.92 Å². The first-order valence-corrected chi connectivity index (χ1v) is 6.39. The topological polar surface area (TPSA) is 101 Å². The predicted octanol–water partition coefficient (Wildman–Crippen LogP) is 1.44. The van der Waals surface area contributed by atoms with Crippen molar-refractivity contribution in [3.8, 4) is 0 Å². The maximum atomic E-state index is 11.6. The van der Waals surface area contributed by atoms with Crippen LogP contribution in [0.25, 0.3) is 0 Å². The standard InChI is InChI=1S/C14H18O6/c1-3-4-8-20-14(12(18)19)7-5-6-13(2,11(16)17)10(14)9-15/h5,7H,3-4,6,8H2,1-2H3,(H,16,17)(H,18,19). The minimum Gasteiger partial charge on any atom is -0.481 e. The fraction of sp³-hybridized carbons (Fsp3) is 0.571. The van der Waals surface area contributed by atoms with Crippen molar-refractivity contribution in [3.63, 3.8) is 0 Å². The van der Waals surface area contributed by atoms with Gasteiger partial charge in [0.15, 0.2) is 0 Å². The molecule has 1 rings (SSSR count). The third kappa shape index (κ3) is 2.53. The van der Waals surface area contributed by atoms with Crippen LogP contribution in [0.15, 0.2) is 17.7 Å². The molecule has 1 aliphatic rings. The number of unbranched alkanes of at least 4 members (excludes halogenated alkanes) is 1. The van der Waals surface area contributed by atoms with Crippen LogP contribution in [0.1, 0.15) is 33.1 Å². The van der Waals surface area contributed by atoms with E-state index >= 15 is 0 Å². The Kier molecular flexibility index (Phi) is 4.87. The van der Waals surface area contributed by atoms with Crippen LogP contribution >= 0.6 is 0 Å². The molecule has 0 fully saturated rings. The number of allylic oxidation sites excluding steroid dienone is 1. The molecule has 0 heterocycles. The third-order valence-electron chi connectivity index (χ3n) is 3.52. The van der Waals surface area contributed by atoms with Gasteiger partial charge in [-0.2, -0.15) is 0 Å². The molecule has 2 atom stereocenters. The SMILES string of the molecule is CCCCOC1(C(=O)O)C=CCC(C)(C(=O)O)C1=C=O. The first-order valence-electron chi connectivity index (χ1n) is 6.39. The van der Waals surface area contributed by atoms with Crippen molar-refractivity contribution in [1.29, 1.82) is 0 Å². The highest BCUT2D eigenvalue weighted by Crippen LogP contribution is 2.43. The molecule has 2 N–H and O–H groups in total. The van der Waals surface area contributed by atoms with Crippen LogP contribution in [-0.4, -0.2) is 40.3 Å². The number of aliphatic carboxylic acids is 2. The van der Waals surface area contributed by atoms with E-state index in [4.69, 9.17) is 4.74 Å². The van der Waals surface area contributed by atoms with Gasteiger partial charge >= 0.3 is 11.9 Å². The molecule has 2 unspecified atom stereocenters. The average Bonchev–Trinajstić information content (AvgIpc) is 2.38. The van der Waals surface area contributed by atoms with Gasteiger partial charge in [-0.05, 0) is 25.8 Å². The third-order valence-corrected chi connectivity index (χ3v) is 3.52. The van der Waals surface area contributed by atoms with Gasteiger partial charge in [-0.15, -0.1) is 0 Å². The molecule has 0 aromatic carbocycles. The number of hydrogen-bond donors (Lipinski definition) is 2. The zero-order valence-corrected chi connectivity index (χ0v) is 11.5. The molecule has 6 nitrogen and oxygen atoms in total. The van der Waals surface area contributed by atoms with E-state index in [0.717, 1.165) is 6.42 Å². The maximum absolute atomic E-state index is 11.6. The van der Waals surface area contributed by atoms with Crippen molar-refractivity contribution in [2.75, 3.05) is 6.61 Å². The molecule has 0 aliphatic heterocycles. The lowest BCUT2D eigenvalue weighted by molar-refractivity contribution is -0.159.